The van der Waals surface area contributed by atoms with Crippen molar-refractivity contribution in [3.05, 3.63) is 28.7 Å². The molecule has 0 radical (unpaired) electrons. The van der Waals surface area contributed by atoms with Gasteiger partial charge >= 0.3 is 0 Å². The number of thiocarbonyl (C=S) groups is 1. The molecule has 0 atom stereocenters. The Kier molecular flexibility index (Phi) is 8.10. The Morgan fingerprint density at radius 3 is 2.72 bits per heavy atom. The van der Waals surface area contributed by atoms with Gasteiger partial charge in [-0.2, -0.15) is 0 Å². The zero-order valence-corrected chi connectivity index (χ0v) is 19.8. The zero-order valence-electron chi connectivity index (χ0n) is 18.2. The summed E-state index contributed by atoms with van der Waals surface area (Å²) < 4.78 is 11.1. The van der Waals surface area contributed by atoms with Gasteiger partial charge in [0.1, 0.15) is 4.32 Å². The molecule has 2 aliphatic rings. The predicted octanol–water partition coefficient (Wildman–Crippen LogP) is 1.19. The van der Waals surface area contributed by atoms with Crippen LogP contribution in [-0.2, 0) is 14.4 Å². The maximum atomic E-state index is 12.7. The molecule has 32 heavy (non-hydrogen) atoms. The van der Waals surface area contributed by atoms with E-state index >= 15 is 0 Å². The number of hydrogen-bond donors (Lipinski definition) is 2. The summed E-state index contributed by atoms with van der Waals surface area (Å²) in [5.41, 5.74) is 0.813. The highest BCUT2D eigenvalue weighted by Gasteiger charge is 2.31. The van der Waals surface area contributed by atoms with E-state index in [1.165, 1.54) is 16.7 Å². The fraction of sp³-hybridized carbons (Fsp3) is 0.429. The average molecular weight is 479 g/mol. The van der Waals surface area contributed by atoms with Crippen LogP contribution in [0.4, 0.5) is 0 Å². The number of nitrogens with zero attached hydrogens (tertiary/aromatic N) is 2. The van der Waals surface area contributed by atoms with Crippen molar-refractivity contribution >= 4 is 52.1 Å². The van der Waals surface area contributed by atoms with Crippen molar-refractivity contribution in [2.24, 2.45) is 0 Å². The number of thioether (sulfide) groups is 1. The third-order valence-electron chi connectivity index (χ3n) is 4.50. The molecule has 172 valence electrons. The van der Waals surface area contributed by atoms with Gasteiger partial charge in [-0.25, -0.2) is 0 Å². The number of hydrogen-bond acceptors (Lipinski definition) is 8. The second kappa shape index (κ2) is 10.8. The predicted molar refractivity (Wildman–Crippen MR) is 126 cm³/mol. The number of nitrogens with one attached hydrogen (secondary N) is 2. The molecular formula is C21H26N4O5S2. The molecule has 2 heterocycles. The largest absolute Gasteiger partial charge is 0.454 e. The third kappa shape index (κ3) is 6.44. The number of fused-ring (bicyclic) bond motifs is 1. The van der Waals surface area contributed by atoms with E-state index in [9.17, 15) is 14.4 Å². The van der Waals surface area contributed by atoms with Crippen LogP contribution in [0.2, 0.25) is 0 Å². The van der Waals surface area contributed by atoms with Gasteiger partial charge in [-0.1, -0.05) is 30.0 Å². The summed E-state index contributed by atoms with van der Waals surface area (Å²) in [5.74, 6) is 0.753. The van der Waals surface area contributed by atoms with Gasteiger partial charge in [-0.15, -0.1) is 0 Å². The lowest BCUT2D eigenvalue weighted by molar-refractivity contribution is -0.126. The van der Waals surface area contributed by atoms with Gasteiger partial charge in [-0.05, 0) is 44.7 Å². The maximum absolute atomic E-state index is 12.7. The van der Waals surface area contributed by atoms with Crippen LogP contribution in [0.25, 0.3) is 6.08 Å². The summed E-state index contributed by atoms with van der Waals surface area (Å²) in [7, 11) is 1.70. The monoisotopic (exact) mass is 478 g/mol. The van der Waals surface area contributed by atoms with Crippen LogP contribution >= 0.6 is 24.0 Å². The van der Waals surface area contributed by atoms with Crippen molar-refractivity contribution in [1.29, 1.82) is 0 Å². The lowest BCUT2D eigenvalue weighted by Crippen LogP contribution is -2.44. The SMILES string of the molecule is CC(C)NC(=O)CN(C)CC(=O)NCCN1C(=O)/C(=C\c2ccc3c(c2)OCO3)SC1=S. The standard InChI is InChI=1S/C21H26N4O5S2/c1-13(2)23-19(27)11-24(3)10-18(26)22-6-7-25-20(28)17(32-21(25)31)9-14-4-5-15-16(8-14)30-12-29-15/h4-5,8-9,13H,6-7,10-12H2,1-3H3,(H,22,26)(H,23,27)/b17-9+. The molecule has 0 aliphatic carbocycles. The molecule has 0 saturated carbocycles. The molecule has 2 N–H and O–H groups in total. The zero-order chi connectivity index (χ0) is 23.3. The Morgan fingerprint density at radius 2 is 1.97 bits per heavy atom. The first-order chi connectivity index (χ1) is 15.2. The summed E-state index contributed by atoms with van der Waals surface area (Å²) in [6.07, 6.45) is 1.76. The van der Waals surface area contributed by atoms with Crippen LogP contribution in [-0.4, -0.2) is 77.9 Å². The quantitative estimate of drug-likeness (QED) is 0.403. The molecule has 0 spiro atoms. The van der Waals surface area contributed by atoms with E-state index in [0.717, 1.165) is 5.56 Å². The van der Waals surface area contributed by atoms with E-state index in [2.05, 4.69) is 10.6 Å². The fourth-order valence-electron chi connectivity index (χ4n) is 3.12. The van der Waals surface area contributed by atoms with E-state index < -0.39 is 0 Å². The van der Waals surface area contributed by atoms with Crippen molar-refractivity contribution in [3.63, 3.8) is 0 Å². The molecule has 0 aromatic heterocycles. The smallest absolute Gasteiger partial charge is 0.266 e. The van der Waals surface area contributed by atoms with Gasteiger partial charge in [0.25, 0.3) is 5.91 Å². The van der Waals surface area contributed by atoms with Gasteiger partial charge in [0, 0.05) is 19.1 Å². The summed E-state index contributed by atoms with van der Waals surface area (Å²) >= 11 is 6.56. The number of carbonyl (C=O) groups is 3. The lowest BCUT2D eigenvalue weighted by Gasteiger charge is -2.18. The molecule has 3 rings (SSSR count). The van der Waals surface area contributed by atoms with Gasteiger partial charge < -0.3 is 20.1 Å². The number of amides is 3. The molecule has 2 aliphatic heterocycles. The molecule has 0 unspecified atom stereocenters. The first-order valence-corrected chi connectivity index (χ1v) is 11.3. The second-order valence-corrected chi connectivity index (χ2v) is 9.37. The number of rotatable bonds is 9. The molecule has 0 bridgehead atoms. The van der Waals surface area contributed by atoms with E-state index in [0.29, 0.717) is 20.7 Å². The highest BCUT2D eigenvalue weighted by molar-refractivity contribution is 8.26. The molecule has 9 nitrogen and oxygen atoms in total. The summed E-state index contributed by atoms with van der Waals surface area (Å²) in [5, 5.41) is 5.54. The molecular weight excluding hydrogens is 452 g/mol. The van der Waals surface area contributed by atoms with E-state index in [4.69, 9.17) is 21.7 Å². The summed E-state index contributed by atoms with van der Waals surface area (Å²) in [4.78, 5) is 40.2. The Bertz CT molecular complexity index is 950. The van der Waals surface area contributed by atoms with E-state index in [1.807, 2.05) is 26.0 Å². The Balaban J connectivity index is 1.46. The topological polar surface area (TPSA) is 100 Å². The van der Waals surface area contributed by atoms with Gasteiger partial charge in [0.2, 0.25) is 18.6 Å². The van der Waals surface area contributed by atoms with Crippen LogP contribution in [0.1, 0.15) is 19.4 Å². The van der Waals surface area contributed by atoms with Crippen LogP contribution in [0.3, 0.4) is 0 Å². The highest BCUT2D eigenvalue weighted by atomic mass is 32.2. The van der Waals surface area contributed by atoms with Crippen molar-refractivity contribution in [2.75, 3.05) is 40.0 Å². The van der Waals surface area contributed by atoms with Crippen LogP contribution in [0, 0.1) is 0 Å². The second-order valence-electron chi connectivity index (χ2n) is 7.69. The Hall–Kier alpha value is -2.63. The molecule has 1 aromatic carbocycles. The van der Waals surface area contributed by atoms with Gasteiger partial charge in [0.05, 0.1) is 18.0 Å². The molecule has 1 fully saturated rings. The number of ether oxygens (including phenoxy) is 2. The van der Waals surface area contributed by atoms with Crippen LogP contribution < -0.4 is 20.1 Å². The maximum Gasteiger partial charge on any atom is 0.266 e. The van der Waals surface area contributed by atoms with E-state index in [1.54, 1.807) is 24.1 Å². The minimum Gasteiger partial charge on any atom is -0.454 e. The summed E-state index contributed by atoms with van der Waals surface area (Å²) in [6, 6.07) is 5.51. The minimum absolute atomic E-state index is 0.0495. The van der Waals surface area contributed by atoms with Crippen molar-refractivity contribution in [1.82, 2.24) is 20.4 Å². The molecule has 11 heteroatoms. The van der Waals surface area contributed by atoms with Crippen LogP contribution in [0.5, 0.6) is 11.5 Å². The third-order valence-corrected chi connectivity index (χ3v) is 5.88. The van der Waals surface area contributed by atoms with Gasteiger partial charge in [-0.3, -0.25) is 24.2 Å². The normalized spacial score (nSPS) is 16.4. The van der Waals surface area contributed by atoms with Crippen LogP contribution in [0.15, 0.2) is 23.1 Å². The molecule has 3 amide bonds. The fourth-order valence-corrected chi connectivity index (χ4v) is 4.43. The number of carbonyl (C=O) groups excluding carboxylic acids is 3. The highest BCUT2D eigenvalue weighted by Crippen LogP contribution is 2.36. The summed E-state index contributed by atoms with van der Waals surface area (Å²) in [6.45, 7) is 4.68. The lowest BCUT2D eigenvalue weighted by atomic mass is 10.2. The molecule has 1 aromatic rings. The number of benzene rings is 1. The van der Waals surface area contributed by atoms with Crippen molar-refractivity contribution < 1.29 is 23.9 Å². The Labute approximate surface area is 196 Å². The first kappa shape index (κ1) is 24.0. The minimum atomic E-state index is -0.230. The van der Waals surface area contributed by atoms with Crippen molar-refractivity contribution in [3.8, 4) is 11.5 Å². The Morgan fingerprint density at radius 1 is 1.25 bits per heavy atom. The average Bonchev–Trinajstić information content (AvgIpc) is 3.26. The molecule has 1 saturated heterocycles. The van der Waals surface area contributed by atoms with Crippen molar-refractivity contribution in [2.45, 2.75) is 19.9 Å². The first-order valence-electron chi connectivity index (χ1n) is 10.1. The van der Waals surface area contributed by atoms with Gasteiger partial charge in [0.15, 0.2) is 11.5 Å². The number of likely N-dealkylation sites (N-methyl/N-ethyl adjacent to an activating group) is 1. The van der Waals surface area contributed by atoms with E-state index in [-0.39, 0.29) is 56.7 Å².